The van der Waals surface area contributed by atoms with Gasteiger partial charge >= 0.3 is 0 Å². The standard InChI is InChI=1S/C27H38N2O5S/c1-19-16-29(20(2)18-30)35(32,33)26-14-13-22(12-11-21-9-10-21)15-24(26)34-25(19)17-28(3)27(31)23-7-5-4-6-8-23/h13-15,19-21,23,25,30H,4-10,16-18H2,1-3H3/t19-,20+,25-/m0/s1. The minimum absolute atomic E-state index is 0.0560. The zero-order valence-electron chi connectivity index (χ0n) is 21.1. The number of nitrogens with zero attached hydrogens (tertiary/aromatic N) is 2. The smallest absolute Gasteiger partial charge is 0.247 e. The minimum Gasteiger partial charge on any atom is -0.487 e. The summed E-state index contributed by atoms with van der Waals surface area (Å²) >= 11 is 0. The Morgan fingerprint density at radius 2 is 1.94 bits per heavy atom. The average Bonchev–Trinajstić information content (AvgIpc) is 3.69. The van der Waals surface area contributed by atoms with Gasteiger partial charge in [-0.05, 0) is 50.8 Å². The number of fused-ring (bicyclic) bond motifs is 1. The van der Waals surface area contributed by atoms with Crippen LogP contribution in [-0.2, 0) is 14.8 Å². The molecular formula is C27H38N2O5S. The van der Waals surface area contributed by atoms with Gasteiger partial charge in [0.05, 0.1) is 13.2 Å². The molecule has 7 nitrogen and oxygen atoms in total. The second-order valence-corrected chi connectivity index (χ2v) is 12.4. The third-order valence-electron chi connectivity index (χ3n) is 7.45. The van der Waals surface area contributed by atoms with Crippen molar-refractivity contribution in [2.45, 2.75) is 75.8 Å². The summed E-state index contributed by atoms with van der Waals surface area (Å²) in [5, 5.41) is 9.81. The predicted molar refractivity (Wildman–Crippen MR) is 134 cm³/mol. The first-order valence-corrected chi connectivity index (χ1v) is 14.3. The third kappa shape index (κ3) is 6.02. The van der Waals surface area contributed by atoms with Crippen LogP contribution >= 0.6 is 0 Å². The summed E-state index contributed by atoms with van der Waals surface area (Å²) in [7, 11) is -2.07. The number of likely N-dealkylation sites (N-methyl/N-ethyl adjacent to an activating group) is 1. The van der Waals surface area contributed by atoms with Crippen LogP contribution in [0.25, 0.3) is 0 Å². The summed E-state index contributed by atoms with van der Waals surface area (Å²) in [6.07, 6.45) is 7.03. The number of aliphatic hydroxyl groups is 1. The highest BCUT2D eigenvalue weighted by atomic mass is 32.2. The van der Waals surface area contributed by atoms with Gasteiger partial charge < -0.3 is 14.7 Å². The van der Waals surface area contributed by atoms with E-state index in [-0.39, 0.29) is 41.5 Å². The Labute approximate surface area is 209 Å². The topological polar surface area (TPSA) is 87.2 Å². The molecule has 1 aromatic rings. The Hall–Kier alpha value is -2.08. The lowest BCUT2D eigenvalue weighted by atomic mass is 9.88. The maximum atomic E-state index is 13.6. The number of amides is 1. The molecule has 192 valence electrons. The largest absolute Gasteiger partial charge is 0.487 e. The summed E-state index contributed by atoms with van der Waals surface area (Å²) in [6, 6.07) is 4.40. The molecule has 0 bridgehead atoms. The fourth-order valence-corrected chi connectivity index (χ4v) is 6.78. The van der Waals surface area contributed by atoms with Gasteiger partial charge in [0.15, 0.2) is 0 Å². The van der Waals surface area contributed by atoms with E-state index in [0.717, 1.165) is 38.5 Å². The van der Waals surface area contributed by atoms with Crippen LogP contribution in [0.1, 0.15) is 64.4 Å². The molecule has 0 saturated heterocycles. The molecule has 2 saturated carbocycles. The van der Waals surface area contributed by atoms with Crippen molar-refractivity contribution in [1.82, 2.24) is 9.21 Å². The van der Waals surface area contributed by atoms with E-state index in [1.165, 1.54) is 10.7 Å². The number of sulfonamides is 1. The SMILES string of the molecule is C[C@H](CO)N1C[C@H](C)[C@H](CN(C)C(=O)C2CCCCC2)Oc2cc(C#CC3CC3)ccc2S1(=O)=O. The van der Waals surface area contributed by atoms with Gasteiger partial charge in [0.25, 0.3) is 0 Å². The summed E-state index contributed by atoms with van der Waals surface area (Å²) in [5.41, 5.74) is 0.714. The second-order valence-electron chi connectivity index (χ2n) is 10.5. The van der Waals surface area contributed by atoms with Crippen molar-refractivity contribution in [1.29, 1.82) is 0 Å². The predicted octanol–water partition coefficient (Wildman–Crippen LogP) is 3.26. The summed E-state index contributed by atoms with van der Waals surface area (Å²) in [6.45, 7) is 3.93. The Morgan fingerprint density at radius 3 is 2.60 bits per heavy atom. The van der Waals surface area contributed by atoms with Crippen LogP contribution in [0.4, 0.5) is 0 Å². The second kappa shape index (κ2) is 10.9. The Bertz CT molecular complexity index is 1080. The molecule has 3 atom stereocenters. The number of carbonyl (C=O) groups is 1. The molecule has 1 aliphatic heterocycles. The molecule has 0 radical (unpaired) electrons. The summed E-state index contributed by atoms with van der Waals surface area (Å²) in [5.74, 6) is 7.05. The van der Waals surface area contributed by atoms with Gasteiger partial charge in [0.1, 0.15) is 16.7 Å². The van der Waals surface area contributed by atoms with Gasteiger partial charge in [-0.2, -0.15) is 4.31 Å². The van der Waals surface area contributed by atoms with Crippen LogP contribution in [0.2, 0.25) is 0 Å². The van der Waals surface area contributed by atoms with Crippen LogP contribution < -0.4 is 4.74 Å². The number of benzene rings is 1. The molecule has 1 N–H and O–H groups in total. The monoisotopic (exact) mass is 502 g/mol. The molecule has 35 heavy (non-hydrogen) atoms. The van der Waals surface area contributed by atoms with Crippen molar-refractivity contribution in [3.05, 3.63) is 23.8 Å². The van der Waals surface area contributed by atoms with Crippen molar-refractivity contribution < 1.29 is 23.1 Å². The van der Waals surface area contributed by atoms with Crippen molar-refractivity contribution in [3.8, 4) is 17.6 Å². The lowest BCUT2D eigenvalue weighted by Crippen LogP contribution is -2.50. The molecule has 1 amide bonds. The average molecular weight is 503 g/mol. The fourth-order valence-electron chi connectivity index (χ4n) is 4.96. The van der Waals surface area contributed by atoms with E-state index in [1.54, 1.807) is 30.0 Å². The third-order valence-corrected chi connectivity index (χ3v) is 9.47. The van der Waals surface area contributed by atoms with Gasteiger partial charge in [-0.25, -0.2) is 8.42 Å². The molecule has 1 aromatic carbocycles. The first-order valence-electron chi connectivity index (χ1n) is 12.9. The molecule has 3 aliphatic rings. The van der Waals surface area contributed by atoms with E-state index in [0.29, 0.717) is 18.0 Å². The maximum absolute atomic E-state index is 13.6. The zero-order chi connectivity index (χ0) is 25.2. The fraction of sp³-hybridized carbons (Fsp3) is 0.667. The number of hydrogen-bond donors (Lipinski definition) is 1. The molecule has 2 fully saturated rings. The van der Waals surface area contributed by atoms with Crippen LogP contribution in [0.5, 0.6) is 5.75 Å². The molecule has 8 heteroatoms. The highest BCUT2D eigenvalue weighted by molar-refractivity contribution is 7.89. The lowest BCUT2D eigenvalue weighted by Gasteiger charge is -2.38. The summed E-state index contributed by atoms with van der Waals surface area (Å²) < 4.78 is 34.9. The number of hydrogen-bond acceptors (Lipinski definition) is 5. The van der Waals surface area contributed by atoms with E-state index in [1.807, 2.05) is 14.0 Å². The van der Waals surface area contributed by atoms with Gasteiger partial charge in [0.2, 0.25) is 15.9 Å². The van der Waals surface area contributed by atoms with Crippen LogP contribution in [0.15, 0.2) is 23.1 Å². The number of aliphatic hydroxyl groups excluding tert-OH is 1. The van der Waals surface area contributed by atoms with Gasteiger partial charge in [-0.15, -0.1) is 0 Å². The van der Waals surface area contributed by atoms with Crippen molar-refractivity contribution >= 4 is 15.9 Å². The maximum Gasteiger partial charge on any atom is 0.247 e. The Balaban J connectivity index is 1.65. The van der Waals surface area contributed by atoms with Crippen LogP contribution in [0.3, 0.4) is 0 Å². The van der Waals surface area contributed by atoms with Gasteiger partial charge in [-0.3, -0.25) is 4.79 Å². The highest BCUT2D eigenvalue weighted by Gasteiger charge is 2.38. The minimum atomic E-state index is -3.89. The van der Waals surface area contributed by atoms with E-state index >= 15 is 0 Å². The van der Waals surface area contributed by atoms with Crippen molar-refractivity contribution in [3.63, 3.8) is 0 Å². The molecule has 0 spiro atoms. The van der Waals surface area contributed by atoms with Crippen molar-refractivity contribution in [2.24, 2.45) is 17.8 Å². The van der Waals surface area contributed by atoms with Crippen LogP contribution in [-0.4, -0.2) is 67.5 Å². The Morgan fingerprint density at radius 1 is 1.23 bits per heavy atom. The molecule has 2 aliphatic carbocycles. The highest BCUT2D eigenvalue weighted by Crippen LogP contribution is 2.35. The molecule has 1 heterocycles. The van der Waals surface area contributed by atoms with E-state index in [9.17, 15) is 18.3 Å². The number of carbonyl (C=O) groups excluding carboxylic acids is 1. The van der Waals surface area contributed by atoms with E-state index < -0.39 is 22.2 Å². The van der Waals surface area contributed by atoms with Gasteiger partial charge in [-0.1, -0.05) is 38.0 Å². The zero-order valence-corrected chi connectivity index (χ0v) is 21.9. The van der Waals surface area contributed by atoms with Gasteiger partial charge in [0, 0.05) is 43.0 Å². The molecule has 4 rings (SSSR count). The first-order chi connectivity index (χ1) is 16.7. The first kappa shape index (κ1) is 26.0. The van der Waals surface area contributed by atoms with Crippen LogP contribution in [0, 0.1) is 29.6 Å². The number of rotatable bonds is 5. The molecular weight excluding hydrogens is 464 g/mol. The summed E-state index contributed by atoms with van der Waals surface area (Å²) in [4.78, 5) is 15.0. The molecule has 0 aromatic heterocycles. The number of ether oxygens (including phenoxy) is 1. The van der Waals surface area contributed by atoms with E-state index in [2.05, 4.69) is 11.8 Å². The quantitative estimate of drug-likeness (QED) is 0.625. The Kier molecular flexibility index (Phi) is 8.09. The molecule has 0 unspecified atom stereocenters. The lowest BCUT2D eigenvalue weighted by molar-refractivity contribution is -0.136. The van der Waals surface area contributed by atoms with E-state index in [4.69, 9.17) is 4.74 Å². The normalized spacial score (nSPS) is 25.7. The van der Waals surface area contributed by atoms with Crippen molar-refractivity contribution in [2.75, 3.05) is 26.7 Å².